The number of halogens is 1. The summed E-state index contributed by atoms with van der Waals surface area (Å²) in [5, 5.41) is 96.5. The molecule has 0 spiro atoms. The van der Waals surface area contributed by atoms with Gasteiger partial charge in [0, 0.05) is 17.2 Å². The fraction of sp³-hybridized carbons (Fsp3) is 0.545. The Morgan fingerprint density at radius 2 is 0.832 bits per heavy atom. The quantitative estimate of drug-likeness (QED) is 0.00600. The number of benzene rings is 3. The van der Waals surface area contributed by atoms with Crippen LogP contribution in [0.3, 0.4) is 0 Å². The van der Waals surface area contributed by atoms with Gasteiger partial charge in [-0.1, -0.05) is 110 Å². The van der Waals surface area contributed by atoms with Gasteiger partial charge in [-0.05, 0) is 152 Å². The molecule has 5 rings (SSSR count). The standard InChI is InChI=1S/C17H25N3O5.C17H23N3O4.C12H15N3O2.C10H21N3O4.C10H18N2O3.ClH.H3NO/c1-5-12(19-16(23)24-17(2,3)4)13(21)14(18)20-25-15(22)11-9-7-6-8-10-11;1-5-12(18-16(22)23-17(2,3)4)13(21)14-19-15(24-20-14)11-9-7-6-8-10-11;1-2-9(13)10(16)11-14-12(17-15-11)8-6-4-3-5-7-8;1-5-6(7(14)8(11)13-16)12-9(15)17-10(2,3)4;1-5-7(8(13)6-11)12-9(14)15-10(2,3)4;;1-2/h6-10,12-13,21H,5H2,1-4H3,(H2,18,20)(H,19,23);6-10,12-13,21H,5H2,1-4H3,(H,18,22);3-7,9-10,16H,2,13H2,1H3;6-7,14,16H,5H2,1-4H3,(H2,11,13)(H,12,15);7-8,13H,5H2,1-4H3,(H,12,14);1H;2H,1H2/t2*12-,13?;9-,10?;6-,7?;7-,8?;;/m00000../s1. The SMILES string of the molecule is CC[C@H](N)C(O)c1noc(-c2ccccc2)n1.CC[C@H](NC(=O)OC(C)(C)C)C(O)/C(N)=N/O.CC[C@H](NC(=O)OC(C)(C)C)C(O)/C(N)=N/OC(=O)c1ccccc1.CC[C@H](NC(=O)OC(C)(C)C)C(O)C#N.CC[C@H](NC(=O)OC(C)(C)C)C(O)c1noc(-c2ccccc2)n1.Cl.NO. The third-order valence-corrected chi connectivity index (χ3v) is 12.5. The van der Waals surface area contributed by atoms with E-state index in [1.807, 2.05) is 74.5 Å². The van der Waals surface area contributed by atoms with Crippen molar-refractivity contribution in [3.63, 3.8) is 0 Å². The molecule has 0 saturated heterocycles. The minimum Gasteiger partial charge on any atom is -0.444 e. The summed E-state index contributed by atoms with van der Waals surface area (Å²) < 4.78 is 30.6. The molecule has 0 aliphatic carbocycles. The van der Waals surface area contributed by atoms with Crippen molar-refractivity contribution in [3.8, 4) is 29.0 Å². The molecule has 566 valence electrons. The number of rotatable bonds is 22. The molecule has 19 N–H and O–H groups in total. The van der Waals surface area contributed by atoms with E-state index in [-0.39, 0.29) is 41.8 Å². The van der Waals surface area contributed by atoms with Crippen molar-refractivity contribution in [2.45, 2.75) is 233 Å². The fourth-order valence-electron chi connectivity index (χ4n) is 7.49. The van der Waals surface area contributed by atoms with Gasteiger partial charge in [0.25, 0.3) is 11.8 Å². The number of carbonyl (C=O) groups excluding carboxylic acids is 5. The van der Waals surface area contributed by atoms with E-state index in [0.29, 0.717) is 49.4 Å². The van der Waals surface area contributed by atoms with Crippen molar-refractivity contribution >= 4 is 54.4 Å². The summed E-state index contributed by atoms with van der Waals surface area (Å²) >= 11 is 0. The molecule has 10 atom stereocenters. The summed E-state index contributed by atoms with van der Waals surface area (Å²) in [5.41, 5.74) is 16.0. The highest BCUT2D eigenvalue weighted by atomic mass is 35.5. The first kappa shape index (κ1) is 93.7. The van der Waals surface area contributed by atoms with E-state index in [1.165, 1.54) is 0 Å². The molecule has 35 heteroatoms. The first-order valence-corrected chi connectivity index (χ1v) is 31.8. The highest BCUT2D eigenvalue weighted by Gasteiger charge is 2.31. The molecule has 2 aromatic heterocycles. The zero-order valence-electron chi connectivity index (χ0n) is 60.3. The largest absolute Gasteiger partial charge is 0.444 e. The Hall–Kier alpha value is -9.31. The molecule has 2 heterocycles. The average Bonchev–Trinajstić information content (AvgIpc) is 1.74. The van der Waals surface area contributed by atoms with Gasteiger partial charge in [-0.15, -0.1) is 12.4 Å². The number of aromatic nitrogens is 4. The van der Waals surface area contributed by atoms with E-state index >= 15 is 0 Å². The maximum atomic E-state index is 11.9. The predicted molar refractivity (Wildman–Crippen MR) is 375 cm³/mol. The number of hydrogen-bond acceptors (Lipinski definition) is 28. The molecule has 5 unspecified atom stereocenters. The number of oxime groups is 2. The van der Waals surface area contributed by atoms with Crippen LogP contribution >= 0.6 is 12.4 Å². The van der Waals surface area contributed by atoms with Crippen molar-refractivity contribution in [2.24, 2.45) is 33.4 Å². The Morgan fingerprint density at radius 1 is 0.515 bits per heavy atom. The Labute approximate surface area is 595 Å². The number of nitrogens with one attached hydrogen (secondary N) is 4. The minimum absolute atomic E-state index is 0. The summed E-state index contributed by atoms with van der Waals surface area (Å²) in [4.78, 5) is 71.3. The number of aliphatic hydroxyl groups is 5. The molecule has 0 fully saturated rings. The lowest BCUT2D eigenvalue weighted by molar-refractivity contribution is 0.0403. The zero-order chi connectivity index (χ0) is 76.7. The average molecular weight is 1450 g/mol. The second kappa shape index (κ2) is 46.9. The van der Waals surface area contributed by atoms with E-state index < -0.39 is 107 Å². The highest BCUT2D eigenvalue weighted by molar-refractivity contribution is 5.91. The number of carbonyl (C=O) groups is 5. The number of nitrogens with two attached hydrogens (primary N) is 4. The van der Waals surface area contributed by atoms with Gasteiger partial charge in [-0.3, -0.25) is 0 Å². The summed E-state index contributed by atoms with van der Waals surface area (Å²) in [5.74, 6) is 3.18. The monoisotopic (exact) mass is 1450 g/mol. The Balaban J connectivity index is 0. The van der Waals surface area contributed by atoms with Crippen molar-refractivity contribution in [1.29, 1.82) is 5.26 Å². The van der Waals surface area contributed by atoms with Gasteiger partial charge in [0.1, 0.15) is 46.8 Å². The van der Waals surface area contributed by atoms with Gasteiger partial charge >= 0.3 is 30.3 Å². The molecule has 0 aliphatic rings. The van der Waals surface area contributed by atoms with E-state index in [9.17, 15) is 49.5 Å². The number of hydrogen-bond donors (Lipinski definition) is 15. The van der Waals surface area contributed by atoms with Crippen molar-refractivity contribution in [1.82, 2.24) is 41.5 Å². The fourth-order valence-corrected chi connectivity index (χ4v) is 7.49. The van der Waals surface area contributed by atoms with Gasteiger partial charge in [0.15, 0.2) is 17.8 Å². The smallest absolute Gasteiger partial charge is 0.407 e. The number of aliphatic hydroxyl groups excluding tert-OH is 5. The maximum Gasteiger partial charge on any atom is 0.407 e. The number of nitrogens with zero attached hydrogens (tertiary/aromatic N) is 7. The third kappa shape index (κ3) is 38.7. The van der Waals surface area contributed by atoms with Crippen molar-refractivity contribution in [2.75, 3.05) is 0 Å². The van der Waals surface area contributed by atoms with Crippen molar-refractivity contribution < 1.29 is 92.8 Å². The van der Waals surface area contributed by atoms with Gasteiger partial charge in [0.2, 0.25) is 11.6 Å². The lowest BCUT2D eigenvalue weighted by Gasteiger charge is -2.25. The van der Waals surface area contributed by atoms with Gasteiger partial charge in [-0.25, -0.2) is 29.9 Å². The van der Waals surface area contributed by atoms with E-state index in [4.69, 9.17) is 65.7 Å². The third-order valence-electron chi connectivity index (χ3n) is 12.5. The van der Waals surface area contributed by atoms with Crippen LogP contribution in [0, 0.1) is 11.3 Å². The van der Waals surface area contributed by atoms with Crippen LogP contribution in [0.4, 0.5) is 19.2 Å². The summed E-state index contributed by atoms with van der Waals surface area (Å²) in [6.07, 6.45) is -5.96. The first-order chi connectivity index (χ1) is 46.7. The predicted octanol–water partition coefficient (Wildman–Crippen LogP) is 7.69. The normalized spacial score (nSPS) is 14.3. The molecule has 3 aromatic carbocycles. The van der Waals surface area contributed by atoms with E-state index in [2.05, 4.69) is 57.8 Å². The number of nitriles is 1. The Morgan fingerprint density at radius 3 is 1.15 bits per heavy atom. The lowest BCUT2D eigenvalue weighted by atomic mass is 10.1. The van der Waals surface area contributed by atoms with E-state index in [1.54, 1.807) is 140 Å². The van der Waals surface area contributed by atoms with Crippen LogP contribution < -0.4 is 44.4 Å². The molecule has 34 nitrogen and oxygen atoms in total. The van der Waals surface area contributed by atoms with Gasteiger partial charge in [0.05, 0.1) is 35.8 Å². The van der Waals surface area contributed by atoms with Crippen LogP contribution in [0.5, 0.6) is 0 Å². The minimum atomic E-state index is -1.33. The summed E-state index contributed by atoms with van der Waals surface area (Å²) in [6.45, 7) is 29.9. The topological polar surface area (TPSA) is 552 Å². The number of amidine groups is 2. The molecular weight excluding hydrogens is 1340 g/mol. The molecule has 4 amide bonds. The second-order valence-electron chi connectivity index (χ2n) is 25.5. The van der Waals surface area contributed by atoms with Gasteiger partial charge < -0.3 is 107 Å². The van der Waals surface area contributed by atoms with Crippen molar-refractivity contribution in [3.05, 3.63) is 108 Å². The van der Waals surface area contributed by atoms with Crippen LogP contribution in [0.25, 0.3) is 22.9 Å². The van der Waals surface area contributed by atoms with Crippen LogP contribution in [0.15, 0.2) is 110 Å². The van der Waals surface area contributed by atoms with Crippen LogP contribution in [0.2, 0.25) is 0 Å². The summed E-state index contributed by atoms with van der Waals surface area (Å²) in [7, 11) is 0. The number of amides is 4. The molecular formula is C66H106ClN15O19. The maximum absolute atomic E-state index is 11.9. The molecule has 5 aromatic rings. The van der Waals surface area contributed by atoms with Crippen LogP contribution in [0.1, 0.15) is 184 Å². The molecule has 101 heavy (non-hydrogen) atoms. The molecule has 0 radical (unpaired) electrons. The summed E-state index contributed by atoms with van der Waals surface area (Å²) in [6, 6.07) is 25.6. The second-order valence-corrected chi connectivity index (χ2v) is 25.5. The molecule has 0 aliphatic heterocycles. The highest BCUT2D eigenvalue weighted by Crippen LogP contribution is 2.24. The Kier molecular flexibility index (Phi) is 43.6. The number of ether oxygens (including phenoxy) is 4. The zero-order valence-corrected chi connectivity index (χ0v) is 61.2. The molecule has 0 saturated carbocycles. The molecule has 0 bridgehead atoms. The number of alkyl carbamates (subject to hydrolysis) is 4. The van der Waals surface area contributed by atoms with E-state index in [0.717, 1.165) is 11.1 Å². The first-order valence-electron chi connectivity index (χ1n) is 31.8. The van der Waals surface area contributed by atoms with Gasteiger partial charge in [-0.2, -0.15) is 15.2 Å². The van der Waals surface area contributed by atoms with Crippen LogP contribution in [-0.2, 0) is 23.8 Å². The lowest BCUT2D eigenvalue weighted by Crippen LogP contribution is -2.50. The Bertz CT molecular complexity index is 3260. The van der Waals surface area contributed by atoms with Crippen LogP contribution in [-0.4, -0.2) is 169 Å².